The van der Waals surface area contributed by atoms with E-state index in [4.69, 9.17) is 0 Å². The molecule has 0 fully saturated rings. The van der Waals surface area contributed by atoms with Gasteiger partial charge in [-0.3, -0.25) is 4.79 Å². The second-order valence-corrected chi connectivity index (χ2v) is 5.22. The summed E-state index contributed by atoms with van der Waals surface area (Å²) in [6, 6.07) is 15.8. The molecule has 1 aromatic heterocycles. The van der Waals surface area contributed by atoms with E-state index in [0.717, 1.165) is 47.9 Å². The fourth-order valence-electron chi connectivity index (χ4n) is 2.86. The predicted octanol–water partition coefficient (Wildman–Crippen LogP) is 3.15. The summed E-state index contributed by atoms with van der Waals surface area (Å²) < 4.78 is 2.27. The Morgan fingerprint density at radius 2 is 1.52 bits per heavy atom. The van der Waals surface area contributed by atoms with Crippen molar-refractivity contribution < 1.29 is 0 Å². The second kappa shape index (κ2) is 6.10. The largest absolute Gasteiger partial charge is 0.340 e. The van der Waals surface area contributed by atoms with Gasteiger partial charge in [0.1, 0.15) is 0 Å². The highest BCUT2D eigenvalue weighted by atomic mass is 16.1. The van der Waals surface area contributed by atoms with Crippen molar-refractivity contribution in [1.82, 2.24) is 9.88 Å². The van der Waals surface area contributed by atoms with Crippen LogP contribution in [0.1, 0.15) is 13.3 Å². The van der Waals surface area contributed by atoms with E-state index in [0.29, 0.717) is 0 Å². The van der Waals surface area contributed by atoms with E-state index in [1.165, 1.54) is 0 Å². The molecular weight excluding hydrogens is 260 g/mol. The molecular formula is C18H20N2O. The fourth-order valence-corrected chi connectivity index (χ4v) is 2.86. The van der Waals surface area contributed by atoms with Crippen LogP contribution < -0.4 is 10.7 Å². The fraction of sp³-hybridized carbons (Fsp3) is 0.278. The Bertz CT molecular complexity index is 760. The normalized spacial score (nSPS) is 11.3. The summed E-state index contributed by atoms with van der Waals surface area (Å²) in [6.45, 7) is 5.01. The second-order valence-electron chi connectivity index (χ2n) is 5.22. The Labute approximate surface area is 124 Å². The smallest absolute Gasteiger partial charge is 0.197 e. The van der Waals surface area contributed by atoms with Crippen LogP contribution >= 0.6 is 0 Å². The zero-order valence-electron chi connectivity index (χ0n) is 12.3. The van der Waals surface area contributed by atoms with Gasteiger partial charge in [0.25, 0.3) is 0 Å². The molecule has 0 atom stereocenters. The summed E-state index contributed by atoms with van der Waals surface area (Å²) in [7, 11) is 0. The van der Waals surface area contributed by atoms with Crippen molar-refractivity contribution in [2.45, 2.75) is 19.9 Å². The maximum absolute atomic E-state index is 12.6. The van der Waals surface area contributed by atoms with Crippen LogP contribution in [-0.2, 0) is 6.54 Å². The van der Waals surface area contributed by atoms with E-state index >= 15 is 0 Å². The number of aryl methyl sites for hydroxylation is 1. The van der Waals surface area contributed by atoms with Gasteiger partial charge in [0.05, 0.1) is 11.0 Å². The number of nitrogens with zero attached hydrogens (tertiary/aromatic N) is 1. The number of rotatable bonds is 5. The average Bonchev–Trinajstić information content (AvgIpc) is 2.54. The summed E-state index contributed by atoms with van der Waals surface area (Å²) >= 11 is 0. The molecule has 0 amide bonds. The molecule has 0 spiro atoms. The molecule has 3 rings (SSSR count). The van der Waals surface area contributed by atoms with E-state index in [1.807, 2.05) is 48.5 Å². The third-order valence-electron chi connectivity index (χ3n) is 3.86. The van der Waals surface area contributed by atoms with Crippen LogP contribution in [-0.4, -0.2) is 17.7 Å². The monoisotopic (exact) mass is 280 g/mol. The number of benzene rings is 2. The lowest BCUT2D eigenvalue weighted by molar-refractivity contribution is 0.611. The van der Waals surface area contributed by atoms with Gasteiger partial charge >= 0.3 is 0 Å². The summed E-state index contributed by atoms with van der Waals surface area (Å²) in [5.41, 5.74) is 2.18. The molecule has 108 valence electrons. The Hall–Kier alpha value is -2.13. The standard InChI is InChI=1S/C18H20N2O/c1-2-19-12-7-13-20-16-10-5-3-8-14(16)18(21)15-9-4-6-11-17(15)20/h3-6,8-11,19H,2,7,12-13H2,1H3. The summed E-state index contributed by atoms with van der Waals surface area (Å²) in [5.74, 6) is 0. The molecule has 0 saturated heterocycles. The summed E-state index contributed by atoms with van der Waals surface area (Å²) in [4.78, 5) is 12.6. The van der Waals surface area contributed by atoms with Gasteiger partial charge in [-0.2, -0.15) is 0 Å². The molecule has 2 aromatic carbocycles. The molecule has 0 aliphatic rings. The van der Waals surface area contributed by atoms with Crippen molar-refractivity contribution in [3.63, 3.8) is 0 Å². The van der Waals surface area contributed by atoms with Gasteiger partial charge in [-0.15, -0.1) is 0 Å². The van der Waals surface area contributed by atoms with Gasteiger partial charge < -0.3 is 9.88 Å². The van der Waals surface area contributed by atoms with Crippen molar-refractivity contribution in [3.05, 3.63) is 58.8 Å². The van der Waals surface area contributed by atoms with Crippen LogP contribution in [0.15, 0.2) is 53.3 Å². The third kappa shape index (κ3) is 2.57. The molecule has 1 N–H and O–H groups in total. The first-order chi connectivity index (χ1) is 10.3. The topological polar surface area (TPSA) is 34.0 Å². The Morgan fingerprint density at radius 3 is 2.10 bits per heavy atom. The maximum atomic E-state index is 12.6. The quantitative estimate of drug-likeness (QED) is 0.575. The molecule has 1 heterocycles. The molecule has 3 aromatic rings. The molecule has 0 saturated carbocycles. The minimum absolute atomic E-state index is 0.129. The lowest BCUT2D eigenvalue weighted by Gasteiger charge is -2.15. The van der Waals surface area contributed by atoms with Crippen molar-refractivity contribution >= 4 is 21.8 Å². The molecule has 0 aliphatic heterocycles. The highest BCUT2D eigenvalue weighted by Gasteiger charge is 2.09. The first-order valence-electron chi connectivity index (χ1n) is 7.54. The molecule has 21 heavy (non-hydrogen) atoms. The summed E-state index contributed by atoms with van der Waals surface area (Å²) in [5, 5.41) is 4.96. The van der Waals surface area contributed by atoms with Crippen molar-refractivity contribution in [1.29, 1.82) is 0 Å². The minimum Gasteiger partial charge on any atom is -0.340 e. The van der Waals surface area contributed by atoms with Crippen molar-refractivity contribution in [2.75, 3.05) is 13.1 Å². The van der Waals surface area contributed by atoms with Gasteiger partial charge in [-0.1, -0.05) is 31.2 Å². The first kappa shape index (κ1) is 13.8. The molecule has 3 heteroatoms. The van der Waals surface area contributed by atoms with E-state index in [2.05, 4.69) is 16.8 Å². The van der Waals surface area contributed by atoms with Crippen LogP contribution in [0.25, 0.3) is 21.8 Å². The minimum atomic E-state index is 0.129. The number of aromatic nitrogens is 1. The number of nitrogens with one attached hydrogen (secondary N) is 1. The molecule has 0 aliphatic carbocycles. The number of para-hydroxylation sites is 2. The average molecular weight is 280 g/mol. The van der Waals surface area contributed by atoms with E-state index in [-0.39, 0.29) is 5.43 Å². The Morgan fingerprint density at radius 1 is 0.952 bits per heavy atom. The zero-order valence-corrected chi connectivity index (χ0v) is 12.3. The van der Waals surface area contributed by atoms with Gasteiger partial charge in [-0.25, -0.2) is 0 Å². The van der Waals surface area contributed by atoms with Gasteiger partial charge in [-0.05, 0) is 43.8 Å². The first-order valence-corrected chi connectivity index (χ1v) is 7.54. The number of pyridine rings is 1. The number of fused-ring (bicyclic) bond motifs is 2. The van der Waals surface area contributed by atoms with Crippen LogP contribution in [0, 0.1) is 0 Å². The Kier molecular flexibility index (Phi) is 4.02. The lowest BCUT2D eigenvalue weighted by atomic mass is 10.1. The molecule has 0 bridgehead atoms. The van der Waals surface area contributed by atoms with Gasteiger partial charge in [0.2, 0.25) is 0 Å². The Balaban J connectivity index is 2.18. The summed E-state index contributed by atoms with van der Waals surface area (Å²) in [6.07, 6.45) is 1.05. The van der Waals surface area contributed by atoms with E-state index < -0.39 is 0 Å². The van der Waals surface area contributed by atoms with Crippen LogP contribution in [0.2, 0.25) is 0 Å². The van der Waals surface area contributed by atoms with Gasteiger partial charge in [0, 0.05) is 17.3 Å². The van der Waals surface area contributed by atoms with Gasteiger partial charge in [0.15, 0.2) is 5.43 Å². The van der Waals surface area contributed by atoms with Crippen LogP contribution in [0.3, 0.4) is 0 Å². The lowest BCUT2D eigenvalue weighted by Crippen LogP contribution is -2.17. The highest BCUT2D eigenvalue weighted by molar-refractivity contribution is 5.93. The predicted molar refractivity (Wildman–Crippen MR) is 88.9 cm³/mol. The maximum Gasteiger partial charge on any atom is 0.197 e. The molecule has 3 nitrogen and oxygen atoms in total. The number of hydrogen-bond acceptors (Lipinski definition) is 2. The van der Waals surface area contributed by atoms with E-state index in [1.54, 1.807) is 0 Å². The van der Waals surface area contributed by atoms with Crippen molar-refractivity contribution in [3.8, 4) is 0 Å². The van der Waals surface area contributed by atoms with E-state index in [9.17, 15) is 4.79 Å². The van der Waals surface area contributed by atoms with Crippen LogP contribution in [0.5, 0.6) is 0 Å². The SMILES string of the molecule is CCNCCCn1c2ccccc2c(=O)c2ccccc21. The van der Waals surface area contributed by atoms with Crippen molar-refractivity contribution in [2.24, 2.45) is 0 Å². The van der Waals surface area contributed by atoms with Crippen LogP contribution in [0.4, 0.5) is 0 Å². The number of hydrogen-bond donors (Lipinski definition) is 1. The molecule has 0 unspecified atom stereocenters. The molecule has 0 radical (unpaired) electrons. The third-order valence-corrected chi connectivity index (χ3v) is 3.86. The highest BCUT2D eigenvalue weighted by Crippen LogP contribution is 2.19. The zero-order chi connectivity index (χ0) is 14.7.